The van der Waals surface area contributed by atoms with Gasteiger partial charge in [0.25, 0.3) is 0 Å². The van der Waals surface area contributed by atoms with Crippen molar-refractivity contribution in [3.63, 3.8) is 0 Å². The number of aliphatic hydroxyl groups excluding tert-OH is 2. The van der Waals surface area contributed by atoms with Crippen molar-refractivity contribution in [1.29, 1.82) is 0 Å². The molecule has 0 saturated carbocycles. The third kappa shape index (κ3) is 19.1. The third-order valence-corrected chi connectivity index (χ3v) is 6.90. The summed E-state index contributed by atoms with van der Waals surface area (Å²) in [5, 5.41) is 18.5. The predicted octanol–water partition coefficient (Wildman–Crippen LogP) is 5.89. The smallest absolute Gasteiger partial charge is 0.398 e. The lowest BCUT2D eigenvalue weighted by Crippen LogP contribution is -2.45. The fourth-order valence-electron chi connectivity index (χ4n) is 4.27. The van der Waals surface area contributed by atoms with Crippen molar-refractivity contribution in [1.82, 2.24) is 0 Å². The van der Waals surface area contributed by atoms with Gasteiger partial charge in [-0.2, -0.15) is 8.42 Å². The lowest BCUT2D eigenvalue weighted by Gasteiger charge is -2.30. The topological polar surface area (TPSA) is 130 Å². The van der Waals surface area contributed by atoms with Crippen LogP contribution in [-0.2, 0) is 24.1 Å². The van der Waals surface area contributed by atoms with Gasteiger partial charge in [0.05, 0.1) is 6.61 Å². The Bertz CT molecular complexity index is 610. The number of aliphatic hydroxyl groups is 2. The number of hydrogen-bond donors (Lipinski definition) is 3. The molecule has 2 atom stereocenters. The van der Waals surface area contributed by atoms with E-state index in [4.69, 9.17) is 14.0 Å². The van der Waals surface area contributed by atoms with Crippen LogP contribution >= 0.6 is 0 Å². The Morgan fingerprint density at radius 3 is 1.46 bits per heavy atom. The standard InChI is InChI=1S/C26H52O8S/c1-3-5-7-9-11-12-13-15-17-19-21-26(34-35(30,31)32,25(29)33-23-24(28)22-27)20-18-16-14-10-8-6-4-2/h24,27-28H,3-23H2,1-2H3,(H,30,31,32). The zero-order valence-electron chi connectivity index (χ0n) is 22.2. The Hall–Kier alpha value is -0.740. The van der Waals surface area contributed by atoms with Crippen molar-refractivity contribution in [2.24, 2.45) is 0 Å². The first-order valence-electron chi connectivity index (χ1n) is 13.8. The van der Waals surface area contributed by atoms with E-state index in [1.54, 1.807) is 0 Å². The minimum atomic E-state index is -4.90. The third-order valence-electron chi connectivity index (χ3n) is 6.37. The zero-order valence-corrected chi connectivity index (χ0v) is 23.0. The summed E-state index contributed by atoms with van der Waals surface area (Å²) >= 11 is 0. The van der Waals surface area contributed by atoms with Gasteiger partial charge in [-0.05, 0) is 25.7 Å². The largest absolute Gasteiger partial charge is 0.461 e. The maximum atomic E-state index is 12.9. The highest BCUT2D eigenvalue weighted by Gasteiger charge is 2.44. The summed E-state index contributed by atoms with van der Waals surface area (Å²) < 4.78 is 42.9. The maximum Gasteiger partial charge on any atom is 0.398 e. The number of esters is 1. The average Bonchev–Trinajstić information content (AvgIpc) is 2.81. The highest BCUT2D eigenvalue weighted by atomic mass is 32.3. The summed E-state index contributed by atoms with van der Waals surface area (Å²) in [6, 6.07) is 0. The van der Waals surface area contributed by atoms with Crippen LogP contribution in [0.25, 0.3) is 0 Å². The molecule has 0 aliphatic rings. The molecule has 0 aromatic heterocycles. The van der Waals surface area contributed by atoms with Crippen LogP contribution in [0.3, 0.4) is 0 Å². The molecule has 0 aliphatic carbocycles. The van der Waals surface area contributed by atoms with E-state index in [0.717, 1.165) is 57.8 Å². The van der Waals surface area contributed by atoms with Gasteiger partial charge in [0, 0.05) is 0 Å². The molecule has 0 rings (SSSR count). The number of rotatable bonds is 25. The molecule has 0 spiro atoms. The normalized spacial score (nSPS) is 14.5. The molecule has 35 heavy (non-hydrogen) atoms. The second-order valence-electron chi connectivity index (χ2n) is 9.74. The number of unbranched alkanes of at least 4 members (excludes halogenated alkanes) is 15. The van der Waals surface area contributed by atoms with Crippen molar-refractivity contribution in [3.05, 3.63) is 0 Å². The van der Waals surface area contributed by atoms with Crippen molar-refractivity contribution < 1.29 is 36.9 Å². The Labute approximate surface area is 214 Å². The highest BCUT2D eigenvalue weighted by molar-refractivity contribution is 7.81. The Balaban J connectivity index is 4.93. The van der Waals surface area contributed by atoms with Gasteiger partial charge in [0.2, 0.25) is 0 Å². The van der Waals surface area contributed by atoms with E-state index in [0.29, 0.717) is 12.8 Å². The molecule has 0 radical (unpaired) electrons. The van der Waals surface area contributed by atoms with Crippen molar-refractivity contribution >= 4 is 16.4 Å². The molecule has 0 amide bonds. The Morgan fingerprint density at radius 2 is 1.11 bits per heavy atom. The van der Waals surface area contributed by atoms with E-state index in [1.165, 1.54) is 38.5 Å². The lowest BCUT2D eigenvalue weighted by atomic mass is 9.89. The van der Waals surface area contributed by atoms with Crippen LogP contribution in [0.15, 0.2) is 0 Å². The van der Waals surface area contributed by atoms with Crippen LogP contribution in [0.2, 0.25) is 0 Å². The summed E-state index contributed by atoms with van der Waals surface area (Å²) in [6.07, 6.45) is 16.7. The van der Waals surface area contributed by atoms with E-state index >= 15 is 0 Å². The molecule has 0 saturated heterocycles. The van der Waals surface area contributed by atoms with Gasteiger partial charge in [-0.25, -0.2) is 8.98 Å². The van der Waals surface area contributed by atoms with Crippen molar-refractivity contribution in [2.45, 2.75) is 148 Å². The Kier molecular flexibility index (Phi) is 20.9. The highest BCUT2D eigenvalue weighted by Crippen LogP contribution is 2.31. The first-order chi connectivity index (χ1) is 16.7. The molecule has 210 valence electrons. The van der Waals surface area contributed by atoms with Gasteiger partial charge < -0.3 is 14.9 Å². The van der Waals surface area contributed by atoms with Gasteiger partial charge in [-0.3, -0.25) is 4.55 Å². The lowest BCUT2D eigenvalue weighted by molar-refractivity contribution is -0.168. The molecule has 0 heterocycles. The summed E-state index contributed by atoms with van der Waals surface area (Å²) in [6.45, 7) is 3.29. The monoisotopic (exact) mass is 524 g/mol. The molecule has 0 aromatic rings. The van der Waals surface area contributed by atoms with E-state index in [-0.39, 0.29) is 12.8 Å². The fourth-order valence-corrected chi connectivity index (χ4v) is 4.91. The SMILES string of the molecule is CCCCCCCCCCCCC(CCCCCCCCC)(OS(=O)(=O)O)C(=O)OCC(O)CO. The van der Waals surface area contributed by atoms with E-state index in [1.807, 2.05) is 0 Å². The maximum absolute atomic E-state index is 12.9. The second kappa shape index (κ2) is 21.4. The molecule has 8 nitrogen and oxygen atoms in total. The molecule has 2 unspecified atom stereocenters. The summed E-state index contributed by atoms with van der Waals surface area (Å²) in [5.41, 5.74) is -1.83. The predicted molar refractivity (Wildman–Crippen MR) is 138 cm³/mol. The van der Waals surface area contributed by atoms with Gasteiger partial charge in [-0.1, -0.05) is 110 Å². The van der Waals surface area contributed by atoms with Crippen LogP contribution in [0, 0.1) is 0 Å². The fraction of sp³-hybridized carbons (Fsp3) is 0.962. The molecule has 0 aromatic carbocycles. The van der Waals surface area contributed by atoms with Crippen LogP contribution in [0.4, 0.5) is 0 Å². The average molecular weight is 525 g/mol. The van der Waals surface area contributed by atoms with Crippen molar-refractivity contribution in [2.75, 3.05) is 13.2 Å². The Morgan fingerprint density at radius 1 is 0.743 bits per heavy atom. The number of carbonyl (C=O) groups excluding carboxylic acids is 1. The van der Waals surface area contributed by atoms with Crippen LogP contribution in [-0.4, -0.2) is 54.1 Å². The van der Waals surface area contributed by atoms with Gasteiger partial charge in [0.15, 0.2) is 5.60 Å². The van der Waals surface area contributed by atoms with Crippen LogP contribution < -0.4 is 0 Å². The van der Waals surface area contributed by atoms with Gasteiger partial charge in [-0.15, -0.1) is 0 Å². The first kappa shape index (κ1) is 34.3. The summed E-state index contributed by atoms with van der Waals surface area (Å²) in [4.78, 5) is 12.9. The van der Waals surface area contributed by atoms with Crippen molar-refractivity contribution in [3.8, 4) is 0 Å². The molecular formula is C26H52O8S. The van der Waals surface area contributed by atoms with E-state index < -0.39 is 41.3 Å². The van der Waals surface area contributed by atoms with Gasteiger partial charge in [0.1, 0.15) is 12.7 Å². The minimum absolute atomic E-state index is 0.103. The molecule has 0 fully saturated rings. The zero-order chi connectivity index (χ0) is 26.4. The number of carbonyl (C=O) groups is 1. The summed E-state index contributed by atoms with van der Waals surface area (Å²) in [7, 11) is -4.90. The molecule has 0 aliphatic heterocycles. The van der Waals surface area contributed by atoms with Crippen LogP contribution in [0.5, 0.6) is 0 Å². The first-order valence-corrected chi connectivity index (χ1v) is 15.2. The molecular weight excluding hydrogens is 472 g/mol. The molecule has 9 heteroatoms. The van der Waals surface area contributed by atoms with Crippen LogP contribution in [0.1, 0.15) is 136 Å². The van der Waals surface area contributed by atoms with E-state index in [2.05, 4.69) is 13.8 Å². The van der Waals surface area contributed by atoms with E-state index in [9.17, 15) is 22.9 Å². The second-order valence-corrected chi connectivity index (χ2v) is 10.8. The molecule has 0 bridgehead atoms. The van der Waals surface area contributed by atoms with Gasteiger partial charge >= 0.3 is 16.4 Å². The summed E-state index contributed by atoms with van der Waals surface area (Å²) in [5.74, 6) is -0.926. The molecule has 3 N–H and O–H groups in total. The minimum Gasteiger partial charge on any atom is -0.461 e. The number of hydrogen-bond acceptors (Lipinski definition) is 7. The number of ether oxygens (including phenoxy) is 1. The quantitative estimate of drug-likeness (QED) is 0.0765.